The van der Waals surface area contributed by atoms with Crippen LogP contribution < -0.4 is 5.32 Å². The number of hydrogen-bond acceptors (Lipinski definition) is 5. The summed E-state index contributed by atoms with van der Waals surface area (Å²) in [7, 11) is 0. The van der Waals surface area contributed by atoms with Gasteiger partial charge in [-0.3, -0.25) is 4.57 Å². The van der Waals surface area contributed by atoms with Crippen LogP contribution in [0, 0.1) is 6.92 Å². The number of benzene rings is 2. The maximum absolute atomic E-state index is 4.93. The molecule has 1 atom stereocenters. The molecule has 0 spiro atoms. The lowest BCUT2D eigenvalue weighted by atomic mass is 10.2. The fourth-order valence-electron chi connectivity index (χ4n) is 3.49. The van der Waals surface area contributed by atoms with E-state index in [1.807, 2.05) is 18.2 Å². The molecule has 0 saturated carbocycles. The number of hydrogen-bond donors (Lipinski definition) is 2. The van der Waals surface area contributed by atoms with Crippen molar-refractivity contribution in [3.8, 4) is 5.69 Å². The van der Waals surface area contributed by atoms with Crippen LogP contribution in [-0.2, 0) is 0 Å². The summed E-state index contributed by atoms with van der Waals surface area (Å²) in [6, 6.07) is 16.5. The number of anilines is 1. The highest BCUT2D eigenvalue weighted by molar-refractivity contribution is 5.82. The highest BCUT2D eigenvalue weighted by atomic mass is 15.2. The molecule has 0 amide bonds. The third-order valence-electron chi connectivity index (χ3n) is 4.81. The van der Waals surface area contributed by atoms with E-state index in [2.05, 4.69) is 74.0 Å². The largest absolute Gasteiger partial charge is 0.358 e. The fourth-order valence-corrected chi connectivity index (χ4v) is 3.49. The first-order valence-corrected chi connectivity index (χ1v) is 9.16. The molecule has 28 heavy (non-hydrogen) atoms. The predicted molar refractivity (Wildman–Crippen MR) is 110 cm³/mol. The zero-order valence-electron chi connectivity index (χ0n) is 15.6. The van der Waals surface area contributed by atoms with Gasteiger partial charge in [0.1, 0.15) is 17.7 Å². The molecule has 5 rings (SSSR count). The maximum Gasteiger partial charge on any atom is 0.182 e. The van der Waals surface area contributed by atoms with Gasteiger partial charge in [-0.2, -0.15) is 0 Å². The van der Waals surface area contributed by atoms with E-state index >= 15 is 0 Å². The average molecular weight is 369 g/mol. The molecular weight excluding hydrogens is 350 g/mol. The fraction of sp³-hybridized carbons (Fsp3) is 0.143. The Morgan fingerprint density at radius 2 is 1.89 bits per heavy atom. The summed E-state index contributed by atoms with van der Waals surface area (Å²) in [6.45, 7) is 4.18. The quantitative estimate of drug-likeness (QED) is 0.497. The smallest absolute Gasteiger partial charge is 0.182 e. The summed E-state index contributed by atoms with van der Waals surface area (Å²) in [5, 5.41) is 3.47. The topological polar surface area (TPSA) is 84.3 Å². The number of rotatable bonds is 4. The van der Waals surface area contributed by atoms with Gasteiger partial charge in [-0.15, -0.1) is 0 Å². The van der Waals surface area contributed by atoms with Gasteiger partial charge >= 0.3 is 0 Å². The van der Waals surface area contributed by atoms with Crippen molar-refractivity contribution in [3.63, 3.8) is 0 Å². The van der Waals surface area contributed by atoms with Gasteiger partial charge < -0.3 is 10.3 Å². The van der Waals surface area contributed by atoms with Crippen LogP contribution in [0.1, 0.15) is 24.4 Å². The number of para-hydroxylation sites is 1. The third-order valence-corrected chi connectivity index (χ3v) is 4.81. The Balaban J connectivity index is 1.64. The minimum Gasteiger partial charge on any atom is -0.358 e. The number of imidazole rings is 2. The molecule has 0 aliphatic heterocycles. The molecule has 0 fully saturated rings. The standard InChI is InChI=1S/C21H19N7/c1-13-8-9-16-17(10-13)28(15-6-4-3-5-7-15)21(27-16)14(2)26-20-18-19(23-11-22-18)24-12-25-20/h3-12,14H,1-2H3,(H2,22,23,24,25,26). The molecule has 0 saturated heterocycles. The maximum atomic E-state index is 4.93. The van der Waals surface area contributed by atoms with E-state index in [1.54, 1.807) is 6.33 Å². The highest BCUT2D eigenvalue weighted by Crippen LogP contribution is 2.28. The SMILES string of the molecule is Cc1ccc2nc(C(C)Nc3ncnc4nc[nH]c34)n(-c3ccccc3)c2c1. The predicted octanol–water partition coefficient (Wildman–Crippen LogP) is 4.17. The average Bonchev–Trinajstić information content (AvgIpc) is 3.33. The summed E-state index contributed by atoms with van der Waals surface area (Å²) in [6.07, 6.45) is 3.14. The van der Waals surface area contributed by atoms with Gasteiger partial charge in [0.05, 0.1) is 23.4 Å². The van der Waals surface area contributed by atoms with E-state index in [-0.39, 0.29) is 6.04 Å². The van der Waals surface area contributed by atoms with Gasteiger partial charge in [0.25, 0.3) is 0 Å². The molecule has 5 aromatic rings. The second-order valence-corrected chi connectivity index (χ2v) is 6.82. The molecular formula is C21H19N7. The molecule has 0 bridgehead atoms. The lowest BCUT2D eigenvalue weighted by Gasteiger charge is -2.17. The van der Waals surface area contributed by atoms with Crippen molar-refractivity contribution in [2.45, 2.75) is 19.9 Å². The monoisotopic (exact) mass is 369 g/mol. The van der Waals surface area contributed by atoms with Crippen LogP contribution in [-0.4, -0.2) is 29.5 Å². The Morgan fingerprint density at radius 1 is 1.04 bits per heavy atom. The molecule has 0 aliphatic carbocycles. The van der Waals surface area contributed by atoms with Crippen molar-refractivity contribution in [2.24, 2.45) is 0 Å². The molecule has 1 unspecified atom stereocenters. The van der Waals surface area contributed by atoms with Gasteiger partial charge in [-0.1, -0.05) is 24.3 Å². The number of nitrogens with one attached hydrogen (secondary N) is 2. The molecule has 0 radical (unpaired) electrons. The van der Waals surface area contributed by atoms with Gasteiger partial charge in [0.15, 0.2) is 11.5 Å². The summed E-state index contributed by atoms with van der Waals surface area (Å²) in [5.41, 5.74) is 5.75. The van der Waals surface area contributed by atoms with Crippen molar-refractivity contribution in [1.29, 1.82) is 0 Å². The van der Waals surface area contributed by atoms with E-state index in [1.165, 1.54) is 11.9 Å². The Morgan fingerprint density at radius 3 is 2.75 bits per heavy atom. The number of aromatic nitrogens is 6. The van der Waals surface area contributed by atoms with Crippen molar-refractivity contribution >= 4 is 28.0 Å². The van der Waals surface area contributed by atoms with E-state index < -0.39 is 0 Å². The minimum atomic E-state index is -0.0886. The molecule has 2 N–H and O–H groups in total. The first-order chi connectivity index (χ1) is 13.7. The number of fused-ring (bicyclic) bond motifs is 2. The second-order valence-electron chi connectivity index (χ2n) is 6.82. The minimum absolute atomic E-state index is 0.0886. The normalized spacial score (nSPS) is 12.5. The Bertz CT molecular complexity index is 1270. The highest BCUT2D eigenvalue weighted by Gasteiger charge is 2.19. The first-order valence-electron chi connectivity index (χ1n) is 9.16. The van der Waals surface area contributed by atoms with E-state index in [9.17, 15) is 0 Å². The first kappa shape index (κ1) is 16.4. The van der Waals surface area contributed by atoms with Crippen molar-refractivity contribution in [3.05, 3.63) is 72.6 Å². The van der Waals surface area contributed by atoms with Gasteiger partial charge in [0.2, 0.25) is 0 Å². The molecule has 3 aromatic heterocycles. The van der Waals surface area contributed by atoms with Crippen LogP contribution >= 0.6 is 0 Å². The molecule has 0 aliphatic rings. The Hall–Kier alpha value is -3.74. The van der Waals surface area contributed by atoms with Gasteiger partial charge in [-0.05, 0) is 43.7 Å². The molecule has 138 valence electrons. The van der Waals surface area contributed by atoms with Crippen LogP contribution in [0.15, 0.2) is 61.2 Å². The summed E-state index contributed by atoms with van der Waals surface area (Å²) in [4.78, 5) is 20.8. The number of nitrogens with zero attached hydrogens (tertiary/aromatic N) is 5. The summed E-state index contributed by atoms with van der Waals surface area (Å²) >= 11 is 0. The van der Waals surface area contributed by atoms with E-state index in [0.29, 0.717) is 11.5 Å². The van der Waals surface area contributed by atoms with E-state index in [4.69, 9.17) is 4.98 Å². The number of H-pyrrole nitrogens is 1. The third kappa shape index (κ3) is 2.68. The molecule has 3 heterocycles. The van der Waals surface area contributed by atoms with Crippen molar-refractivity contribution < 1.29 is 0 Å². The zero-order valence-corrected chi connectivity index (χ0v) is 15.6. The van der Waals surface area contributed by atoms with E-state index in [0.717, 1.165) is 28.1 Å². The number of aromatic amines is 1. The van der Waals surface area contributed by atoms with Crippen LogP contribution in [0.3, 0.4) is 0 Å². The lowest BCUT2D eigenvalue weighted by Crippen LogP contribution is -2.14. The molecule has 7 nitrogen and oxygen atoms in total. The van der Waals surface area contributed by atoms with Crippen LogP contribution in [0.25, 0.3) is 27.9 Å². The zero-order chi connectivity index (χ0) is 19.1. The van der Waals surface area contributed by atoms with Gasteiger partial charge in [-0.25, -0.2) is 19.9 Å². The number of aryl methyl sites for hydroxylation is 1. The van der Waals surface area contributed by atoms with Crippen molar-refractivity contribution in [1.82, 2.24) is 29.5 Å². The molecule has 7 heteroatoms. The summed E-state index contributed by atoms with van der Waals surface area (Å²) in [5.74, 6) is 1.62. The van der Waals surface area contributed by atoms with Crippen LogP contribution in [0.4, 0.5) is 5.82 Å². The summed E-state index contributed by atoms with van der Waals surface area (Å²) < 4.78 is 2.20. The molecule has 2 aromatic carbocycles. The Labute approximate surface area is 161 Å². The van der Waals surface area contributed by atoms with Crippen molar-refractivity contribution in [2.75, 3.05) is 5.32 Å². The lowest BCUT2D eigenvalue weighted by molar-refractivity contribution is 0.769. The van der Waals surface area contributed by atoms with Gasteiger partial charge in [0, 0.05) is 5.69 Å². The second kappa shape index (κ2) is 6.45. The van der Waals surface area contributed by atoms with Crippen LogP contribution in [0.2, 0.25) is 0 Å². The Kier molecular flexibility index (Phi) is 3.79. The van der Waals surface area contributed by atoms with Crippen LogP contribution in [0.5, 0.6) is 0 Å².